The predicted octanol–water partition coefficient (Wildman–Crippen LogP) is 1.68. The van der Waals surface area contributed by atoms with Gasteiger partial charge in [0.1, 0.15) is 0 Å². The van der Waals surface area contributed by atoms with Crippen LogP contribution in [0.2, 0.25) is 0 Å². The Morgan fingerprint density at radius 1 is 1.09 bits per heavy atom. The fourth-order valence-electron chi connectivity index (χ4n) is 3.50. The highest BCUT2D eigenvalue weighted by molar-refractivity contribution is 7.91. The summed E-state index contributed by atoms with van der Waals surface area (Å²) in [6, 6.07) is 11.2. The third kappa shape index (κ3) is 4.54. The number of benzene rings is 1. The van der Waals surface area contributed by atoms with Crippen LogP contribution in [0.1, 0.15) is 24.8 Å². The molecule has 0 aromatic heterocycles. The molecule has 4 nitrogen and oxygen atoms in total. The van der Waals surface area contributed by atoms with E-state index in [1.165, 1.54) is 5.56 Å². The average Bonchev–Trinajstić information content (AvgIpc) is 2.87. The van der Waals surface area contributed by atoms with Crippen molar-refractivity contribution < 1.29 is 8.42 Å². The van der Waals surface area contributed by atoms with Gasteiger partial charge in [-0.3, -0.25) is 4.90 Å². The molecule has 0 saturated carbocycles. The van der Waals surface area contributed by atoms with Gasteiger partial charge in [0.25, 0.3) is 0 Å². The van der Waals surface area contributed by atoms with E-state index in [-0.39, 0.29) is 0 Å². The Morgan fingerprint density at radius 2 is 1.82 bits per heavy atom. The summed E-state index contributed by atoms with van der Waals surface area (Å²) in [5.74, 6) is 1.09. The van der Waals surface area contributed by atoms with Crippen molar-refractivity contribution in [1.82, 2.24) is 10.2 Å². The lowest BCUT2D eigenvalue weighted by molar-refractivity contribution is 0.188. The van der Waals surface area contributed by atoms with Crippen LogP contribution < -0.4 is 5.32 Å². The van der Waals surface area contributed by atoms with Gasteiger partial charge in [0.15, 0.2) is 9.84 Å². The fourth-order valence-corrected chi connectivity index (χ4v) is 5.37. The summed E-state index contributed by atoms with van der Waals surface area (Å²) in [5, 5.41) is 3.59. The van der Waals surface area contributed by atoms with Crippen LogP contribution in [0.25, 0.3) is 0 Å². The SMILES string of the molecule is O=S1(=O)CCC(CNC2CCN(Cc3ccccc3)CC2)C1. The zero-order valence-corrected chi connectivity index (χ0v) is 13.9. The fraction of sp³-hybridized carbons (Fsp3) is 0.647. The number of sulfone groups is 1. The Bertz CT molecular complexity index is 566. The highest BCUT2D eigenvalue weighted by Crippen LogP contribution is 2.19. The molecule has 1 aromatic rings. The minimum absolute atomic E-state index is 0.326. The third-order valence-electron chi connectivity index (χ3n) is 4.86. The summed E-state index contributed by atoms with van der Waals surface area (Å²) in [7, 11) is -2.74. The molecule has 1 aromatic carbocycles. The predicted molar refractivity (Wildman–Crippen MR) is 89.5 cm³/mol. The van der Waals surface area contributed by atoms with Crippen LogP contribution in [-0.4, -0.2) is 50.5 Å². The summed E-state index contributed by atoms with van der Waals surface area (Å²) in [4.78, 5) is 2.51. The molecule has 3 rings (SSSR count). The minimum Gasteiger partial charge on any atom is -0.314 e. The van der Waals surface area contributed by atoms with E-state index in [9.17, 15) is 8.42 Å². The first-order valence-corrected chi connectivity index (χ1v) is 10.1. The van der Waals surface area contributed by atoms with E-state index in [0.717, 1.165) is 45.4 Å². The van der Waals surface area contributed by atoms with Gasteiger partial charge < -0.3 is 5.32 Å². The molecule has 1 unspecified atom stereocenters. The number of hydrogen-bond acceptors (Lipinski definition) is 4. The lowest BCUT2D eigenvalue weighted by Gasteiger charge is -2.33. The highest BCUT2D eigenvalue weighted by Gasteiger charge is 2.28. The van der Waals surface area contributed by atoms with Crippen molar-refractivity contribution in [1.29, 1.82) is 0 Å². The van der Waals surface area contributed by atoms with Gasteiger partial charge in [-0.1, -0.05) is 30.3 Å². The third-order valence-corrected chi connectivity index (χ3v) is 6.70. The van der Waals surface area contributed by atoms with Crippen molar-refractivity contribution in [2.45, 2.75) is 31.8 Å². The van der Waals surface area contributed by atoms with E-state index in [1.54, 1.807) is 0 Å². The van der Waals surface area contributed by atoms with Crippen molar-refractivity contribution in [3.8, 4) is 0 Å². The normalized spacial score (nSPS) is 26.3. The molecule has 0 aliphatic carbocycles. The number of likely N-dealkylation sites (tertiary alicyclic amines) is 1. The topological polar surface area (TPSA) is 49.4 Å². The molecule has 5 heteroatoms. The van der Waals surface area contributed by atoms with Gasteiger partial charge in [-0.05, 0) is 50.4 Å². The first-order chi connectivity index (χ1) is 10.6. The summed E-state index contributed by atoms with van der Waals surface area (Å²) < 4.78 is 22.9. The van der Waals surface area contributed by atoms with Gasteiger partial charge in [0.05, 0.1) is 11.5 Å². The second-order valence-corrected chi connectivity index (χ2v) is 8.94. The second kappa shape index (κ2) is 7.11. The molecule has 2 saturated heterocycles. The maximum Gasteiger partial charge on any atom is 0.150 e. The highest BCUT2D eigenvalue weighted by atomic mass is 32.2. The summed E-state index contributed by atoms with van der Waals surface area (Å²) >= 11 is 0. The quantitative estimate of drug-likeness (QED) is 0.896. The first-order valence-electron chi connectivity index (χ1n) is 8.31. The van der Waals surface area contributed by atoms with Gasteiger partial charge >= 0.3 is 0 Å². The Kier molecular flexibility index (Phi) is 5.16. The average molecular weight is 322 g/mol. The Labute approximate surface area is 133 Å². The Morgan fingerprint density at radius 3 is 2.45 bits per heavy atom. The monoisotopic (exact) mass is 322 g/mol. The molecule has 122 valence electrons. The first kappa shape index (κ1) is 16.0. The molecule has 0 radical (unpaired) electrons. The van der Waals surface area contributed by atoms with Crippen LogP contribution in [-0.2, 0) is 16.4 Å². The molecule has 0 bridgehead atoms. The largest absolute Gasteiger partial charge is 0.314 e. The Hall–Kier alpha value is -0.910. The molecule has 22 heavy (non-hydrogen) atoms. The lowest BCUT2D eigenvalue weighted by Crippen LogP contribution is -2.43. The Balaban J connectivity index is 1.37. The number of piperidine rings is 1. The number of hydrogen-bond donors (Lipinski definition) is 1. The van der Waals surface area contributed by atoms with Crippen LogP contribution >= 0.6 is 0 Å². The zero-order valence-electron chi connectivity index (χ0n) is 13.1. The van der Waals surface area contributed by atoms with Gasteiger partial charge in [0.2, 0.25) is 0 Å². The summed E-state index contributed by atoms with van der Waals surface area (Å²) in [5.41, 5.74) is 1.38. The molecule has 0 amide bonds. The zero-order chi connectivity index (χ0) is 15.4. The minimum atomic E-state index is -2.74. The van der Waals surface area contributed by atoms with E-state index in [1.807, 2.05) is 0 Å². The molecule has 0 spiro atoms. The smallest absolute Gasteiger partial charge is 0.150 e. The van der Waals surface area contributed by atoms with Crippen LogP contribution in [0.15, 0.2) is 30.3 Å². The van der Waals surface area contributed by atoms with Gasteiger partial charge in [-0.2, -0.15) is 0 Å². The maximum absolute atomic E-state index is 11.5. The lowest BCUT2D eigenvalue weighted by atomic mass is 10.0. The molecular formula is C17H26N2O2S. The van der Waals surface area contributed by atoms with E-state index in [0.29, 0.717) is 23.5 Å². The number of rotatable bonds is 5. The van der Waals surface area contributed by atoms with Crippen LogP contribution in [0.5, 0.6) is 0 Å². The van der Waals surface area contributed by atoms with Crippen molar-refractivity contribution >= 4 is 9.84 Å². The van der Waals surface area contributed by atoms with Gasteiger partial charge in [-0.15, -0.1) is 0 Å². The van der Waals surface area contributed by atoms with Gasteiger partial charge in [0, 0.05) is 12.6 Å². The van der Waals surface area contributed by atoms with E-state index in [2.05, 4.69) is 40.5 Å². The number of nitrogens with one attached hydrogen (secondary N) is 1. The molecular weight excluding hydrogens is 296 g/mol. The summed E-state index contributed by atoms with van der Waals surface area (Å²) in [6.45, 7) is 4.14. The van der Waals surface area contributed by atoms with Crippen molar-refractivity contribution in [2.24, 2.45) is 5.92 Å². The summed E-state index contributed by atoms with van der Waals surface area (Å²) in [6.07, 6.45) is 3.15. The second-order valence-electron chi connectivity index (χ2n) is 6.71. The molecule has 2 heterocycles. The molecule has 1 N–H and O–H groups in total. The van der Waals surface area contributed by atoms with Crippen molar-refractivity contribution in [2.75, 3.05) is 31.1 Å². The van der Waals surface area contributed by atoms with Crippen LogP contribution in [0.4, 0.5) is 0 Å². The number of nitrogens with zero attached hydrogens (tertiary/aromatic N) is 1. The molecule has 2 aliphatic heterocycles. The van der Waals surface area contributed by atoms with Gasteiger partial charge in [-0.25, -0.2) is 8.42 Å². The maximum atomic E-state index is 11.5. The van der Waals surface area contributed by atoms with E-state index >= 15 is 0 Å². The van der Waals surface area contributed by atoms with Crippen LogP contribution in [0, 0.1) is 5.92 Å². The molecule has 2 fully saturated rings. The van der Waals surface area contributed by atoms with E-state index < -0.39 is 9.84 Å². The molecule has 2 aliphatic rings. The van der Waals surface area contributed by atoms with Crippen molar-refractivity contribution in [3.05, 3.63) is 35.9 Å². The van der Waals surface area contributed by atoms with Crippen LogP contribution in [0.3, 0.4) is 0 Å². The molecule has 1 atom stereocenters. The van der Waals surface area contributed by atoms with Crippen molar-refractivity contribution in [3.63, 3.8) is 0 Å². The van der Waals surface area contributed by atoms with E-state index in [4.69, 9.17) is 0 Å². The standard InChI is InChI=1S/C17H26N2O2S/c20-22(21)11-8-16(14-22)12-18-17-6-9-19(10-7-17)13-15-4-2-1-3-5-15/h1-5,16-18H,6-14H2.